The Hall–Kier alpha value is -0.810. The molecule has 0 spiro atoms. The van der Waals surface area contributed by atoms with Gasteiger partial charge in [0, 0.05) is 24.7 Å². The third-order valence-electron chi connectivity index (χ3n) is 5.68. The normalized spacial score (nSPS) is 17.1. The second-order valence-electron chi connectivity index (χ2n) is 6.82. The molecule has 1 saturated heterocycles. The minimum Gasteiger partial charge on any atom is -0.388 e. The number of likely N-dealkylation sites (tertiary alicyclic amines) is 1. The Morgan fingerprint density at radius 3 is 2.24 bits per heavy atom. The van der Waals surface area contributed by atoms with E-state index in [4.69, 9.17) is 17.3 Å². The van der Waals surface area contributed by atoms with Crippen molar-refractivity contribution in [3.05, 3.63) is 34.9 Å². The number of nitrogens with two attached hydrogens (primary N) is 1. The van der Waals surface area contributed by atoms with Gasteiger partial charge in [0.05, 0.1) is 11.5 Å². The molecule has 142 valence electrons. The lowest BCUT2D eigenvalue weighted by molar-refractivity contribution is -0.144. The van der Waals surface area contributed by atoms with Gasteiger partial charge in [0.15, 0.2) is 0 Å². The highest BCUT2D eigenvalue weighted by molar-refractivity contribution is 6.30. The lowest BCUT2D eigenvalue weighted by Crippen LogP contribution is -2.50. The highest BCUT2D eigenvalue weighted by Gasteiger charge is 2.38. The van der Waals surface area contributed by atoms with Gasteiger partial charge in [-0.25, -0.2) is 0 Å². The van der Waals surface area contributed by atoms with Gasteiger partial charge in [0.25, 0.3) is 0 Å². The molecule has 1 aliphatic rings. The molecule has 0 radical (unpaired) electrons. The lowest BCUT2D eigenvalue weighted by atomic mass is 9.79. The zero-order valence-electron chi connectivity index (χ0n) is 15.1. The summed E-state index contributed by atoms with van der Waals surface area (Å²) in [6.45, 7) is 5.84. The number of carbonyl (C=O) groups is 1. The van der Waals surface area contributed by atoms with Crippen LogP contribution in [-0.4, -0.2) is 35.5 Å². The van der Waals surface area contributed by atoms with Crippen molar-refractivity contribution in [2.75, 3.05) is 19.6 Å². The predicted octanol–water partition coefficient (Wildman–Crippen LogP) is 3.80. The third kappa shape index (κ3) is 4.88. The van der Waals surface area contributed by atoms with Gasteiger partial charge >= 0.3 is 0 Å². The summed E-state index contributed by atoms with van der Waals surface area (Å²) in [5, 5.41) is 11.3. The molecule has 1 atom stereocenters. The first-order valence-electron chi connectivity index (χ1n) is 8.90. The Labute approximate surface area is 162 Å². The van der Waals surface area contributed by atoms with Crippen molar-refractivity contribution in [2.45, 2.75) is 45.6 Å². The number of piperidine rings is 1. The van der Waals surface area contributed by atoms with Crippen LogP contribution in [0.1, 0.15) is 51.2 Å². The van der Waals surface area contributed by atoms with Crippen LogP contribution in [0.5, 0.6) is 0 Å². The average Bonchev–Trinajstić information content (AvgIpc) is 2.63. The van der Waals surface area contributed by atoms with Crippen molar-refractivity contribution in [3.8, 4) is 0 Å². The maximum Gasteiger partial charge on any atom is 0.230 e. The van der Waals surface area contributed by atoms with Crippen LogP contribution < -0.4 is 5.73 Å². The number of aliphatic hydroxyl groups excluding tert-OH is 1. The number of nitrogens with zero attached hydrogens (tertiary/aromatic N) is 1. The zero-order chi connectivity index (χ0) is 17.7. The van der Waals surface area contributed by atoms with Crippen molar-refractivity contribution in [3.63, 3.8) is 0 Å². The minimum absolute atomic E-state index is 0. The van der Waals surface area contributed by atoms with Crippen LogP contribution in [-0.2, 0) is 4.79 Å². The number of hydrogen-bond donors (Lipinski definition) is 2. The van der Waals surface area contributed by atoms with E-state index in [1.165, 1.54) is 0 Å². The molecule has 3 N–H and O–H groups in total. The molecular formula is C19H30Cl2N2O2. The van der Waals surface area contributed by atoms with Crippen molar-refractivity contribution < 1.29 is 9.90 Å². The molecule has 25 heavy (non-hydrogen) atoms. The van der Waals surface area contributed by atoms with Gasteiger partial charge < -0.3 is 15.7 Å². The molecule has 4 nitrogen and oxygen atoms in total. The summed E-state index contributed by atoms with van der Waals surface area (Å²) in [5.74, 6) is 0.347. The smallest absolute Gasteiger partial charge is 0.230 e. The first-order chi connectivity index (χ1) is 11.5. The fraction of sp³-hybridized carbons (Fsp3) is 0.632. The van der Waals surface area contributed by atoms with E-state index in [0.29, 0.717) is 24.7 Å². The molecule has 2 rings (SSSR count). The SMILES string of the molecule is CCC(CC)(CN)C(=O)N1CCC(C(O)c2ccc(Cl)cc2)CC1.Cl. The molecule has 0 aromatic heterocycles. The van der Waals surface area contributed by atoms with E-state index < -0.39 is 11.5 Å². The highest BCUT2D eigenvalue weighted by Crippen LogP contribution is 2.34. The molecule has 0 bridgehead atoms. The molecule has 1 fully saturated rings. The highest BCUT2D eigenvalue weighted by atomic mass is 35.5. The average molecular weight is 389 g/mol. The predicted molar refractivity (Wildman–Crippen MR) is 105 cm³/mol. The number of halogens is 2. The molecule has 1 unspecified atom stereocenters. The number of amides is 1. The number of aliphatic hydroxyl groups is 1. The first kappa shape index (κ1) is 22.2. The molecule has 1 aliphatic heterocycles. The fourth-order valence-corrected chi connectivity index (χ4v) is 3.74. The Morgan fingerprint density at radius 1 is 1.28 bits per heavy atom. The summed E-state index contributed by atoms with van der Waals surface area (Å²) in [4.78, 5) is 14.8. The lowest BCUT2D eigenvalue weighted by Gasteiger charge is -2.40. The Kier molecular flexibility index (Phi) is 8.69. The van der Waals surface area contributed by atoms with Crippen LogP contribution in [0, 0.1) is 11.3 Å². The molecule has 6 heteroatoms. The molecule has 0 saturated carbocycles. The summed E-state index contributed by atoms with van der Waals surface area (Å²) in [5.41, 5.74) is 6.36. The van der Waals surface area contributed by atoms with Gasteiger partial charge in [-0.1, -0.05) is 37.6 Å². The monoisotopic (exact) mass is 388 g/mol. The molecule has 1 amide bonds. The van der Waals surface area contributed by atoms with Gasteiger partial charge in [0.1, 0.15) is 0 Å². The number of rotatable bonds is 6. The first-order valence-corrected chi connectivity index (χ1v) is 9.28. The fourth-order valence-electron chi connectivity index (χ4n) is 3.61. The molecule has 0 aliphatic carbocycles. The maximum atomic E-state index is 12.9. The van der Waals surface area contributed by atoms with Gasteiger partial charge in [0.2, 0.25) is 5.91 Å². The number of carbonyl (C=O) groups excluding carboxylic acids is 1. The largest absolute Gasteiger partial charge is 0.388 e. The van der Waals surface area contributed by atoms with E-state index in [0.717, 1.165) is 31.2 Å². The second-order valence-corrected chi connectivity index (χ2v) is 7.25. The van der Waals surface area contributed by atoms with Gasteiger partial charge in [-0.2, -0.15) is 0 Å². The number of hydrogen-bond acceptors (Lipinski definition) is 3. The Morgan fingerprint density at radius 2 is 1.80 bits per heavy atom. The molecule has 1 aromatic carbocycles. The van der Waals surface area contributed by atoms with E-state index in [2.05, 4.69) is 0 Å². The van der Waals surface area contributed by atoms with E-state index in [1.54, 1.807) is 12.1 Å². The van der Waals surface area contributed by atoms with Crippen molar-refractivity contribution in [2.24, 2.45) is 17.1 Å². The molecule has 1 heterocycles. The molecule has 1 aromatic rings. The van der Waals surface area contributed by atoms with Crippen LogP contribution in [0.25, 0.3) is 0 Å². The van der Waals surface area contributed by atoms with Crippen LogP contribution in [0.2, 0.25) is 5.02 Å². The zero-order valence-corrected chi connectivity index (χ0v) is 16.7. The van der Waals surface area contributed by atoms with E-state index >= 15 is 0 Å². The minimum atomic E-state index is -0.504. The van der Waals surface area contributed by atoms with Gasteiger partial charge in [-0.05, 0) is 49.3 Å². The summed E-state index contributed by atoms with van der Waals surface area (Å²) >= 11 is 5.90. The Balaban J connectivity index is 0.00000312. The van der Waals surface area contributed by atoms with Crippen molar-refractivity contribution in [1.82, 2.24) is 4.90 Å². The Bertz CT molecular complexity index is 531. The van der Waals surface area contributed by atoms with Gasteiger partial charge in [-0.3, -0.25) is 4.79 Å². The van der Waals surface area contributed by atoms with E-state index in [9.17, 15) is 9.90 Å². The molecular weight excluding hydrogens is 359 g/mol. The van der Waals surface area contributed by atoms with Crippen LogP contribution in [0.4, 0.5) is 0 Å². The van der Waals surface area contributed by atoms with E-state index in [1.807, 2.05) is 30.9 Å². The van der Waals surface area contributed by atoms with Crippen LogP contribution >= 0.6 is 24.0 Å². The summed E-state index contributed by atoms with van der Waals surface area (Å²) in [6.07, 6.45) is 2.65. The maximum absolute atomic E-state index is 12.9. The second kappa shape index (κ2) is 9.77. The van der Waals surface area contributed by atoms with Crippen LogP contribution in [0.3, 0.4) is 0 Å². The third-order valence-corrected chi connectivity index (χ3v) is 5.93. The standard InChI is InChI=1S/C19H29ClN2O2.ClH/c1-3-19(4-2,13-21)18(24)22-11-9-15(10-12-22)17(23)14-5-7-16(20)8-6-14;/h5-8,15,17,23H,3-4,9-13,21H2,1-2H3;1H. The topological polar surface area (TPSA) is 66.6 Å². The summed E-state index contributed by atoms with van der Waals surface area (Å²) in [6, 6.07) is 7.35. The van der Waals surface area contributed by atoms with E-state index in [-0.39, 0.29) is 24.2 Å². The summed E-state index contributed by atoms with van der Waals surface area (Å²) < 4.78 is 0. The quantitative estimate of drug-likeness (QED) is 0.778. The van der Waals surface area contributed by atoms with Crippen LogP contribution in [0.15, 0.2) is 24.3 Å². The number of benzene rings is 1. The van der Waals surface area contributed by atoms with Crippen molar-refractivity contribution in [1.29, 1.82) is 0 Å². The summed E-state index contributed by atoms with van der Waals surface area (Å²) in [7, 11) is 0. The van der Waals surface area contributed by atoms with Crippen molar-refractivity contribution >= 4 is 29.9 Å². The van der Waals surface area contributed by atoms with Gasteiger partial charge in [-0.15, -0.1) is 12.4 Å².